The second kappa shape index (κ2) is 6.82. The van der Waals surface area contributed by atoms with Gasteiger partial charge in [-0.3, -0.25) is 4.79 Å². The summed E-state index contributed by atoms with van der Waals surface area (Å²) in [5.41, 5.74) is 6.55. The Morgan fingerprint density at radius 1 is 1.48 bits per heavy atom. The topological polar surface area (TPSA) is 106 Å². The first-order valence-corrected chi connectivity index (χ1v) is 8.35. The van der Waals surface area contributed by atoms with Crippen LogP contribution in [0.4, 0.5) is 5.13 Å². The molecule has 1 aliphatic rings. The third kappa shape index (κ3) is 4.56. The fourth-order valence-electron chi connectivity index (χ4n) is 1.96. The van der Waals surface area contributed by atoms with Crippen molar-refractivity contribution >= 4 is 28.3 Å². The maximum atomic E-state index is 10.9. The predicted molar refractivity (Wildman–Crippen MR) is 89.3 cm³/mol. The average Bonchev–Trinajstić information content (AvgIpc) is 3.03. The van der Waals surface area contributed by atoms with Crippen LogP contribution in [0, 0.1) is 5.92 Å². The molecule has 0 spiro atoms. The summed E-state index contributed by atoms with van der Waals surface area (Å²) in [5.74, 6) is 2.36. The van der Waals surface area contributed by atoms with Crippen molar-refractivity contribution in [2.24, 2.45) is 16.6 Å². The number of nitrogens with two attached hydrogens (primary N) is 1. The Bertz CT molecular complexity index is 717. The minimum Gasteiger partial charge on any atom is -0.458 e. The van der Waals surface area contributed by atoms with Crippen molar-refractivity contribution in [1.82, 2.24) is 15.6 Å². The Morgan fingerprint density at radius 3 is 3.04 bits per heavy atom. The third-order valence-corrected chi connectivity index (χ3v) is 4.14. The molecule has 122 valence electrons. The number of aromatic nitrogens is 1. The monoisotopic (exact) mass is 333 g/mol. The Kier molecular flexibility index (Phi) is 4.61. The molecule has 0 aromatic carbocycles. The predicted octanol–water partition coefficient (Wildman–Crippen LogP) is 1.99. The zero-order valence-corrected chi connectivity index (χ0v) is 13.7. The summed E-state index contributed by atoms with van der Waals surface area (Å²) in [5, 5.41) is 8.25. The number of rotatable bonds is 6. The molecule has 7 nitrogen and oxygen atoms in total. The van der Waals surface area contributed by atoms with E-state index >= 15 is 0 Å². The van der Waals surface area contributed by atoms with Crippen LogP contribution >= 0.6 is 11.3 Å². The summed E-state index contributed by atoms with van der Waals surface area (Å²) in [4.78, 5) is 19.6. The Hall–Kier alpha value is -2.35. The van der Waals surface area contributed by atoms with Crippen LogP contribution in [-0.2, 0) is 11.3 Å². The lowest BCUT2D eigenvalue weighted by Crippen LogP contribution is -2.32. The maximum Gasteiger partial charge on any atom is 0.217 e. The van der Waals surface area contributed by atoms with Gasteiger partial charge in [-0.1, -0.05) is 0 Å². The fraction of sp³-hybridized carbons (Fsp3) is 0.400. The summed E-state index contributed by atoms with van der Waals surface area (Å²) in [6, 6.07) is 3.65. The molecule has 3 rings (SSSR count). The van der Waals surface area contributed by atoms with Crippen LogP contribution in [0.15, 0.2) is 26.9 Å². The Balaban J connectivity index is 1.61. The SMILES string of the molecule is CC(=O)NCc1ccc(-c2csc(/N=C(\N)NCC3CC3)n2)o1. The van der Waals surface area contributed by atoms with Gasteiger partial charge < -0.3 is 20.8 Å². The molecular weight excluding hydrogens is 314 g/mol. The molecule has 23 heavy (non-hydrogen) atoms. The largest absolute Gasteiger partial charge is 0.458 e. The van der Waals surface area contributed by atoms with E-state index in [-0.39, 0.29) is 5.91 Å². The summed E-state index contributed by atoms with van der Waals surface area (Å²) in [6.07, 6.45) is 2.53. The molecule has 0 saturated heterocycles. The van der Waals surface area contributed by atoms with Gasteiger partial charge in [0.1, 0.15) is 11.5 Å². The normalized spacial score (nSPS) is 14.7. The fourth-order valence-corrected chi connectivity index (χ4v) is 2.65. The molecule has 4 N–H and O–H groups in total. The number of aliphatic imine (C=N–C) groups is 1. The van der Waals surface area contributed by atoms with E-state index < -0.39 is 0 Å². The number of nitrogens with zero attached hydrogens (tertiary/aromatic N) is 2. The molecule has 2 aromatic rings. The van der Waals surface area contributed by atoms with E-state index in [1.807, 2.05) is 17.5 Å². The number of nitrogens with one attached hydrogen (secondary N) is 2. The van der Waals surface area contributed by atoms with Gasteiger partial charge in [0.15, 0.2) is 11.7 Å². The van der Waals surface area contributed by atoms with Crippen LogP contribution in [0.1, 0.15) is 25.5 Å². The minimum atomic E-state index is -0.0950. The highest BCUT2D eigenvalue weighted by atomic mass is 32.1. The van der Waals surface area contributed by atoms with Crippen molar-refractivity contribution in [1.29, 1.82) is 0 Å². The number of furan rings is 1. The van der Waals surface area contributed by atoms with Gasteiger partial charge in [-0.25, -0.2) is 4.98 Å². The summed E-state index contributed by atoms with van der Waals surface area (Å²) in [7, 11) is 0. The van der Waals surface area contributed by atoms with Crippen molar-refractivity contribution in [3.05, 3.63) is 23.3 Å². The van der Waals surface area contributed by atoms with Crippen molar-refractivity contribution in [2.75, 3.05) is 6.54 Å². The highest BCUT2D eigenvalue weighted by Crippen LogP contribution is 2.29. The van der Waals surface area contributed by atoms with Gasteiger partial charge in [-0.2, -0.15) is 4.99 Å². The van der Waals surface area contributed by atoms with E-state index in [0.29, 0.717) is 34.9 Å². The van der Waals surface area contributed by atoms with Crippen molar-refractivity contribution in [3.8, 4) is 11.5 Å². The molecule has 0 bridgehead atoms. The van der Waals surface area contributed by atoms with E-state index in [1.54, 1.807) is 0 Å². The van der Waals surface area contributed by atoms with Crippen LogP contribution in [0.3, 0.4) is 0 Å². The molecule has 1 amide bonds. The van der Waals surface area contributed by atoms with Crippen molar-refractivity contribution in [3.63, 3.8) is 0 Å². The molecular formula is C15H19N5O2S. The van der Waals surface area contributed by atoms with Crippen LogP contribution in [0.25, 0.3) is 11.5 Å². The second-order valence-corrected chi connectivity index (χ2v) is 6.35. The van der Waals surface area contributed by atoms with Gasteiger partial charge >= 0.3 is 0 Å². The number of carbonyl (C=O) groups excluding carboxylic acids is 1. The number of hydrogen-bond acceptors (Lipinski definition) is 5. The van der Waals surface area contributed by atoms with Gasteiger partial charge in [0, 0.05) is 18.8 Å². The maximum absolute atomic E-state index is 10.9. The first kappa shape index (κ1) is 15.5. The van der Waals surface area contributed by atoms with Gasteiger partial charge in [0.2, 0.25) is 11.0 Å². The average molecular weight is 333 g/mol. The van der Waals surface area contributed by atoms with Crippen molar-refractivity contribution < 1.29 is 9.21 Å². The highest BCUT2D eigenvalue weighted by Gasteiger charge is 2.20. The van der Waals surface area contributed by atoms with E-state index in [1.165, 1.54) is 31.1 Å². The lowest BCUT2D eigenvalue weighted by atomic mass is 10.3. The number of hydrogen-bond donors (Lipinski definition) is 3. The third-order valence-electron chi connectivity index (χ3n) is 3.40. The number of carbonyl (C=O) groups is 1. The van der Waals surface area contributed by atoms with Gasteiger partial charge in [-0.15, -0.1) is 11.3 Å². The molecule has 0 unspecified atom stereocenters. The summed E-state index contributed by atoms with van der Waals surface area (Å²) < 4.78 is 5.66. The lowest BCUT2D eigenvalue weighted by molar-refractivity contribution is -0.119. The highest BCUT2D eigenvalue weighted by molar-refractivity contribution is 7.13. The first-order valence-electron chi connectivity index (χ1n) is 7.47. The van der Waals surface area contributed by atoms with Gasteiger partial charge in [0.05, 0.1) is 6.54 Å². The first-order chi connectivity index (χ1) is 11.1. The smallest absolute Gasteiger partial charge is 0.217 e. The molecule has 2 aromatic heterocycles. The van der Waals surface area contributed by atoms with E-state index in [2.05, 4.69) is 20.6 Å². The van der Waals surface area contributed by atoms with Crippen LogP contribution < -0.4 is 16.4 Å². The van der Waals surface area contributed by atoms with Crippen molar-refractivity contribution in [2.45, 2.75) is 26.3 Å². The lowest BCUT2D eigenvalue weighted by Gasteiger charge is -2.01. The van der Waals surface area contributed by atoms with E-state index in [4.69, 9.17) is 10.2 Å². The zero-order valence-electron chi connectivity index (χ0n) is 12.8. The molecule has 2 heterocycles. The number of amides is 1. The molecule has 0 atom stereocenters. The second-order valence-electron chi connectivity index (χ2n) is 5.51. The number of guanidine groups is 1. The molecule has 1 aliphatic carbocycles. The Morgan fingerprint density at radius 2 is 2.30 bits per heavy atom. The molecule has 0 aliphatic heterocycles. The van der Waals surface area contributed by atoms with Crippen LogP contribution in [0.2, 0.25) is 0 Å². The van der Waals surface area contributed by atoms with Gasteiger partial charge in [-0.05, 0) is 30.9 Å². The van der Waals surface area contributed by atoms with E-state index in [0.717, 1.165) is 12.5 Å². The molecule has 1 fully saturated rings. The number of thiazole rings is 1. The van der Waals surface area contributed by atoms with Crippen LogP contribution in [-0.4, -0.2) is 23.4 Å². The quantitative estimate of drug-likeness (QED) is 0.554. The Labute approximate surface area is 138 Å². The van der Waals surface area contributed by atoms with Crippen LogP contribution in [0.5, 0.6) is 0 Å². The summed E-state index contributed by atoms with van der Waals surface area (Å²) in [6.45, 7) is 2.71. The minimum absolute atomic E-state index is 0.0950. The molecule has 8 heteroatoms. The summed E-state index contributed by atoms with van der Waals surface area (Å²) >= 11 is 1.40. The molecule has 1 saturated carbocycles. The zero-order chi connectivity index (χ0) is 16.2. The van der Waals surface area contributed by atoms with E-state index in [9.17, 15) is 4.79 Å². The molecule has 0 radical (unpaired) electrons. The van der Waals surface area contributed by atoms with Gasteiger partial charge in [0.25, 0.3) is 0 Å². The standard InChI is InChI=1S/C15H19N5O2S/c1-9(21)17-7-11-4-5-13(22-11)12-8-23-15(19-12)20-14(16)18-6-10-2-3-10/h4-5,8,10H,2-3,6-7H2,1H3,(H,17,21)(H3,16,18,19,20).